The summed E-state index contributed by atoms with van der Waals surface area (Å²) in [5, 5.41) is 0. The number of carbonyl (C=O) groups is 2. The molecule has 0 spiro atoms. The zero-order valence-corrected chi connectivity index (χ0v) is 19.3. The monoisotopic (exact) mass is 485 g/mol. The maximum absolute atomic E-state index is 13.5. The summed E-state index contributed by atoms with van der Waals surface area (Å²) in [6, 6.07) is 7.69. The van der Waals surface area contributed by atoms with Gasteiger partial charge in [-0.05, 0) is 51.1 Å². The molecule has 1 fully saturated rings. The van der Waals surface area contributed by atoms with Gasteiger partial charge in [0, 0.05) is 11.8 Å². The standard InChI is InChI=1S/C23H24FN5O6/c1-12(2)34-22-26-9-8-15(27-22)17-16(13-4-6-14(24)7-5-13)28-18(29-17)19-32-10-23(3,11-33-19)20(30)35-21(25)31/h4-9,12,19H,10-11H2,1-3H3,(H2,25,31)(H,28,29). The first-order chi connectivity index (χ1) is 16.6. The number of hydrogen-bond donors (Lipinski definition) is 2. The first-order valence-electron chi connectivity index (χ1n) is 10.8. The predicted molar refractivity (Wildman–Crippen MR) is 119 cm³/mol. The van der Waals surface area contributed by atoms with Crippen LogP contribution in [0.4, 0.5) is 9.18 Å². The smallest absolute Gasteiger partial charge is 0.412 e. The van der Waals surface area contributed by atoms with Gasteiger partial charge in [0.25, 0.3) is 0 Å². The molecule has 0 saturated carbocycles. The van der Waals surface area contributed by atoms with E-state index in [0.717, 1.165) is 0 Å². The van der Waals surface area contributed by atoms with E-state index >= 15 is 0 Å². The summed E-state index contributed by atoms with van der Waals surface area (Å²) < 4.78 is 35.1. The fourth-order valence-corrected chi connectivity index (χ4v) is 3.35. The Labute approximate surface area is 199 Å². The van der Waals surface area contributed by atoms with Gasteiger partial charge < -0.3 is 29.7 Å². The number of hydrogen-bond acceptors (Lipinski definition) is 9. The van der Waals surface area contributed by atoms with Crippen LogP contribution in [0.15, 0.2) is 36.5 Å². The average Bonchev–Trinajstić information content (AvgIpc) is 3.25. The van der Waals surface area contributed by atoms with E-state index in [1.54, 1.807) is 24.4 Å². The molecule has 1 amide bonds. The van der Waals surface area contributed by atoms with Crippen LogP contribution in [-0.4, -0.2) is 51.3 Å². The second-order valence-corrected chi connectivity index (χ2v) is 8.47. The zero-order chi connectivity index (χ0) is 25.2. The van der Waals surface area contributed by atoms with E-state index in [2.05, 4.69) is 24.7 Å². The van der Waals surface area contributed by atoms with Crippen molar-refractivity contribution in [3.8, 4) is 28.7 Å². The Morgan fingerprint density at radius 2 is 1.86 bits per heavy atom. The number of aromatic amines is 1. The Bertz CT molecular complexity index is 1220. The van der Waals surface area contributed by atoms with Gasteiger partial charge in [0.1, 0.15) is 11.2 Å². The number of rotatable bonds is 6. The van der Waals surface area contributed by atoms with Crippen LogP contribution in [-0.2, 0) is 19.0 Å². The number of nitrogens with one attached hydrogen (secondary N) is 1. The van der Waals surface area contributed by atoms with Crippen LogP contribution in [0.2, 0.25) is 0 Å². The van der Waals surface area contributed by atoms with Gasteiger partial charge in [-0.2, -0.15) is 4.98 Å². The number of benzene rings is 1. The van der Waals surface area contributed by atoms with Gasteiger partial charge in [-0.3, -0.25) is 4.79 Å². The number of esters is 1. The molecule has 3 heterocycles. The third-order valence-corrected chi connectivity index (χ3v) is 5.09. The van der Waals surface area contributed by atoms with Crippen LogP contribution in [0, 0.1) is 11.2 Å². The molecule has 0 radical (unpaired) electrons. The Morgan fingerprint density at radius 1 is 1.17 bits per heavy atom. The Kier molecular flexibility index (Phi) is 6.76. The minimum absolute atomic E-state index is 0.106. The summed E-state index contributed by atoms with van der Waals surface area (Å²) in [5.74, 6) is -0.939. The van der Waals surface area contributed by atoms with Gasteiger partial charge >= 0.3 is 18.1 Å². The van der Waals surface area contributed by atoms with Crippen molar-refractivity contribution >= 4 is 12.1 Å². The van der Waals surface area contributed by atoms with Crippen LogP contribution < -0.4 is 10.5 Å². The van der Waals surface area contributed by atoms with Crippen molar-refractivity contribution < 1.29 is 32.9 Å². The molecule has 184 valence electrons. The third kappa shape index (κ3) is 5.44. The quantitative estimate of drug-likeness (QED) is 0.396. The van der Waals surface area contributed by atoms with E-state index in [4.69, 9.17) is 19.9 Å². The molecule has 12 heteroatoms. The topological polar surface area (TPSA) is 152 Å². The molecule has 0 aliphatic carbocycles. The summed E-state index contributed by atoms with van der Waals surface area (Å²) in [5.41, 5.74) is 5.80. The van der Waals surface area contributed by atoms with Crippen molar-refractivity contribution in [2.24, 2.45) is 11.1 Å². The van der Waals surface area contributed by atoms with Crippen LogP contribution in [0.5, 0.6) is 6.01 Å². The first kappa shape index (κ1) is 24.2. The van der Waals surface area contributed by atoms with E-state index < -0.39 is 23.8 Å². The SMILES string of the molecule is CC(C)Oc1nccc(-c2[nH]c(C3OCC(C)(C(=O)OC(N)=O)CO3)nc2-c2ccc(F)cc2)n1. The van der Waals surface area contributed by atoms with Gasteiger partial charge in [-0.15, -0.1) is 0 Å². The maximum Gasteiger partial charge on any atom is 0.412 e. The van der Waals surface area contributed by atoms with Crippen LogP contribution in [0.3, 0.4) is 0 Å². The number of carbonyl (C=O) groups excluding carboxylic acids is 2. The van der Waals surface area contributed by atoms with E-state index in [1.807, 2.05) is 13.8 Å². The number of aromatic nitrogens is 4. The third-order valence-electron chi connectivity index (χ3n) is 5.09. The molecule has 35 heavy (non-hydrogen) atoms. The summed E-state index contributed by atoms with van der Waals surface area (Å²) in [6.07, 6.45) is -0.730. The summed E-state index contributed by atoms with van der Waals surface area (Å²) >= 11 is 0. The molecular weight excluding hydrogens is 461 g/mol. The molecule has 1 aromatic carbocycles. The van der Waals surface area contributed by atoms with E-state index in [-0.39, 0.29) is 31.1 Å². The Hall–Kier alpha value is -3.90. The van der Waals surface area contributed by atoms with E-state index in [0.29, 0.717) is 28.5 Å². The molecule has 1 aliphatic heterocycles. The van der Waals surface area contributed by atoms with Gasteiger partial charge in [-0.25, -0.2) is 19.2 Å². The summed E-state index contributed by atoms with van der Waals surface area (Å²) in [4.78, 5) is 39.5. The van der Waals surface area contributed by atoms with Crippen molar-refractivity contribution in [3.63, 3.8) is 0 Å². The number of nitrogens with two attached hydrogens (primary N) is 1. The highest BCUT2D eigenvalue weighted by Gasteiger charge is 2.43. The second-order valence-electron chi connectivity index (χ2n) is 8.47. The Balaban J connectivity index is 1.65. The average molecular weight is 485 g/mol. The molecule has 1 saturated heterocycles. The molecule has 11 nitrogen and oxygen atoms in total. The number of primary amides is 1. The molecule has 4 rings (SSSR count). The van der Waals surface area contributed by atoms with Crippen LogP contribution in [0.25, 0.3) is 22.6 Å². The van der Waals surface area contributed by atoms with Gasteiger partial charge in [0.05, 0.1) is 36.4 Å². The van der Waals surface area contributed by atoms with E-state index in [9.17, 15) is 14.0 Å². The lowest BCUT2D eigenvalue weighted by atomic mass is 9.92. The lowest BCUT2D eigenvalue weighted by molar-refractivity contribution is -0.236. The minimum Gasteiger partial charge on any atom is -0.461 e. The highest BCUT2D eigenvalue weighted by molar-refractivity contribution is 5.87. The van der Waals surface area contributed by atoms with Crippen molar-refractivity contribution in [3.05, 3.63) is 48.2 Å². The van der Waals surface area contributed by atoms with Crippen molar-refractivity contribution in [2.45, 2.75) is 33.2 Å². The number of imidazole rings is 1. The molecular formula is C23H24FN5O6. The largest absolute Gasteiger partial charge is 0.461 e. The van der Waals surface area contributed by atoms with Gasteiger partial charge in [-0.1, -0.05) is 0 Å². The molecule has 0 unspecified atom stereocenters. The van der Waals surface area contributed by atoms with Crippen molar-refractivity contribution in [2.75, 3.05) is 13.2 Å². The molecule has 1 aliphatic rings. The summed E-state index contributed by atoms with van der Waals surface area (Å²) in [6.45, 7) is 5.04. The number of H-pyrrole nitrogens is 1. The molecule has 0 atom stereocenters. The second kappa shape index (κ2) is 9.76. The predicted octanol–water partition coefficient (Wildman–Crippen LogP) is 3.13. The van der Waals surface area contributed by atoms with Crippen LogP contribution >= 0.6 is 0 Å². The van der Waals surface area contributed by atoms with Gasteiger partial charge in [0.15, 0.2) is 5.82 Å². The molecule has 0 bridgehead atoms. The number of amides is 1. The lowest BCUT2D eigenvalue weighted by Crippen LogP contribution is -2.45. The molecule has 3 aromatic rings. The number of nitrogens with zero attached hydrogens (tertiary/aromatic N) is 3. The molecule has 3 N–H and O–H groups in total. The fourth-order valence-electron chi connectivity index (χ4n) is 3.35. The van der Waals surface area contributed by atoms with Crippen molar-refractivity contribution in [1.29, 1.82) is 0 Å². The Morgan fingerprint density at radius 3 is 2.49 bits per heavy atom. The zero-order valence-electron chi connectivity index (χ0n) is 19.3. The fraction of sp³-hybridized carbons (Fsp3) is 0.348. The number of ether oxygens (including phenoxy) is 4. The van der Waals surface area contributed by atoms with E-state index in [1.165, 1.54) is 19.1 Å². The highest BCUT2D eigenvalue weighted by Crippen LogP contribution is 2.36. The van der Waals surface area contributed by atoms with Crippen molar-refractivity contribution in [1.82, 2.24) is 19.9 Å². The normalized spacial score (nSPS) is 20.0. The van der Waals surface area contributed by atoms with Crippen LogP contribution in [0.1, 0.15) is 32.9 Å². The van der Waals surface area contributed by atoms with Gasteiger partial charge in [0.2, 0.25) is 6.29 Å². The minimum atomic E-state index is -1.23. The summed E-state index contributed by atoms with van der Waals surface area (Å²) in [7, 11) is 0. The molecule has 2 aromatic heterocycles. The first-order valence-corrected chi connectivity index (χ1v) is 10.8. The lowest BCUT2D eigenvalue weighted by Gasteiger charge is -2.34. The highest BCUT2D eigenvalue weighted by atomic mass is 19.1. The maximum atomic E-state index is 13.5. The number of halogens is 1.